The largest absolute Gasteiger partial charge is 0.371 e. The van der Waals surface area contributed by atoms with E-state index in [4.69, 9.17) is 9.72 Å². The highest BCUT2D eigenvalue weighted by atomic mass is 16.5. The summed E-state index contributed by atoms with van der Waals surface area (Å²) in [5, 5.41) is 3.69. The normalized spacial score (nSPS) is 21.5. The molecule has 1 saturated heterocycles. The van der Waals surface area contributed by atoms with Crippen LogP contribution in [0, 0.1) is 6.92 Å². The Bertz CT molecular complexity index is 777. The number of piperidine rings is 1. The Labute approximate surface area is 148 Å². The number of carbonyl (C=O) groups is 1. The Hall–Kier alpha value is -1.92. The molecule has 0 unspecified atom stereocenters. The van der Waals surface area contributed by atoms with Gasteiger partial charge in [0.15, 0.2) is 0 Å². The number of aryl methyl sites for hydroxylation is 1. The average molecular weight is 342 g/mol. The van der Waals surface area contributed by atoms with Crippen LogP contribution >= 0.6 is 0 Å². The number of amides is 1. The van der Waals surface area contributed by atoms with Gasteiger partial charge in [0.25, 0.3) is 0 Å². The Morgan fingerprint density at radius 1 is 1.36 bits per heavy atom. The molecule has 0 spiro atoms. The van der Waals surface area contributed by atoms with E-state index in [-0.39, 0.29) is 11.9 Å². The average Bonchev–Trinajstić information content (AvgIpc) is 2.98. The van der Waals surface area contributed by atoms with E-state index in [0.29, 0.717) is 19.3 Å². The van der Waals surface area contributed by atoms with Gasteiger partial charge in [-0.2, -0.15) is 0 Å². The van der Waals surface area contributed by atoms with Crippen LogP contribution in [0.3, 0.4) is 0 Å². The van der Waals surface area contributed by atoms with Crippen molar-refractivity contribution in [3.05, 3.63) is 29.6 Å². The van der Waals surface area contributed by atoms with Crippen molar-refractivity contribution in [3.8, 4) is 0 Å². The topological polar surface area (TPSA) is 59.4 Å². The van der Waals surface area contributed by atoms with E-state index in [1.165, 1.54) is 11.1 Å². The van der Waals surface area contributed by atoms with Gasteiger partial charge in [-0.25, -0.2) is 4.98 Å². The molecule has 134 valence electrons. The van der Waals surface area contributed by atoms with Gasteiger partial charge in [-0.3, -0.25) is 4.79 Å². The summed E-state index contributed by atoms with van der Waals surface area (Å²) in [6, 6.07) is 7.20. The number of hydrogen-bond acceptors (Lipinski definition) is 4. The molecule has 6 heteroatoms. The van der Waals surface area contributed by atoms with Gasteiger partial charge in [-0.1, -0.05) is 6.07 Å². The lowest BCUT2D eigenvalue weighted by Gasteiger charge is -2.33. The fraction of sp³-hybridized carbons (Fsp3) is 0.579. The van der Waals surface area contributed by atoms with Gasteiger partial charge in [0.1, 0.15) is 12.4 Å². The lowest BCUT2D eigenvalue weighted by molar-refractivity contribution is -0.129. The number of nitrogens with zero attached hydrogens (tertiary/aromatic N) is 3. The highest BCUT2D eigenvalue weighted by Gasteiger charge is 2.26. The highest BCUT2D eigenvalue weighted by molar-refractivity contribution is 5.77. The maximum absolute atomic E-state index is 11.4. The Balaban J connectivity index is 1.45. The molecule has 0 bridgehead atoms. The van der Waals surface area contributed by atoms with Crippen LogP contribution in [0.1, 0.15) is 37.2 Å². The monoisotopic (exact) mass is 342 g/mol. The molecule has 1 amide bonds. The molecule has 2 aliphatic heterocycles. The second kappa shape index (κ2) is 6.77. The molecule has 2 aliphatic rings. The SMILES string of the molecule is CC(=O)N1CCC(NC[C@H]2COCc3nc4cc(C)ccc4n32)CC1. The fourth-order valence-electron chi connectivity index (χ4n) is 3.98. The molecule has 1 atom stereocenters. The predicted molar refractivity (Wildman–Crippen MR) is 96.4 cm³/mol. The number of nitrogens with one attached hydrogen (secondary N) is 1. The summed E-state index contributed by atoms with van der Waals surface area (Å²) < 4.78 is 8.12. The van der Waals surface area contributed by atoms with Crippen molar-refractivity contribution in [2.24, 2.45) is 0 Å². The number of benzene rings is 1. The molecule has 4 rings (SSSR count). The molecule has 1 N–H and O–H groups in total. The number of carbonyl (C=O) groups excluding carboxylic acids is 1. The number of imidazole rings is 1. The van der Waals surface area contributed by atoms with Gasteiger partial charge in [-0.05, 0) is 37.5 Å². The molecule has 25 heavy (non-hydrogen) atoms. The molecule has 1 aromatic heterocycles. The van der Waals surface area contributed by atoms with E-state index in [1.807, 2.05) is 4.90 Å². The lowest BCUT2D eigenvalue weighted by atomic mass is 10.0. The number of likely N-dealkylation sites (tertiary alicyclic amines) is 1. The van der Waals surface area contributed by atoms with Crippen LogP contribution < -0.4 is 5.32 Å². The zero-order chi connectivity index (χ0) is 17.4. The van der Waals surface area contributed by atoms with Gasteiger partial charge in [0.2, 0.25) is 5.91 Å². The Kier molecular flexibility index (Phi) is 4.48. The van der Waals surface area contributed by atoms with Crippen molar-refractivity contribution >= 4 is 16.9 Å². The lowest BCUT2D eigenvalue weighted by Crippen LogP contribution is -2.46. The summed E-state index contributed by atoms with van der Waals surface area (Å²) in [5.74, 6) is 1.20. The fourth-order valence-corrected chi connectivity index (χ4v) is 3.98. The first-order valence-corrected chi connectivity index (χ1v) is 9.16. The van der Waals surface area contributed by atoms with E-state index >= 15 is 0 Å². The molecule has 2 aromatic rings. The summed E-state index contributed by atoms with van der Waals surface area (Å²) in [4.78, 5) is 18.1. The second-order valence-corrected chi connectivity index (χ2v) is 7.25. The van der Waals surface area contributed by atoms with Crippen LogP contribution in [-0.4, -0.2) is 52.6 Å². The van der Waals surface area contributed by atoms with Gasteiger partial charge in [-0.15, -0.1) is 0 Å². The van der Waals surface area contributed by atoms with Crippen molar-refractivity contribution in [2.75, 3.05) is 26.2 Å². The van der Waals surface area contributed by atoms with Crippen molar-refractivity contribution in [1.82, 2.24) is 19.8 Å². The number of aromatic nitrogens is 2. The number of hydrogen-bond donors (Lipinski definition) is 1. The molecular weight excluding hydrogens is 316 g/mol. The van der Waals surface area contributed by atoms with Crippen LogP contribution in [-0.2, 0) is 16.1 Å². The molecule has 1 fully saturated rings. The molecule has 0 radical (unpaired) electrons. The highest BCUT2D eigenvalue weighted by Crippen LogP contribution is 2.26. The van der Waals surface area contributed by atoms with Gasteiger partial charge < -0.3 is 19.5 Å². The summed E-state index contributed by atoms with van der Waals surface area (Å²) in [6.45, 7) is 7.63. The minimum absolute atomic E-state index is 0.184. The molecule has 0 saturated carbocycles. The van der Waals surface area contributed by atoms with E-state index in [9.17, 15) is 4.79 Å². The number of rotatable bonds is 3. The quantitative estimate of drug-likeness (QED) is 0.927. The molecule has 6 nitrogen and oxygen atoms in total. The first-order chi connectivity index (χ1) is 12.1. The van der Waals surface area contributed by atoms with Crippen molar-refractivity contribution in [3.63, 3.8) is 0 Å². The van der Waals surface area contributed by atoms with E-state index in [2.05, 4.69) is 35.0 Å². The molecule has 0 aliphatic carbocycles. The maximum atomic E-state index is 11.4. The smallest absolute Gasteiger partial charge is 0.219 e. The first-order valence-electron chi connectivity index (χ1n) is 9.16. The molecule has 3 heterocycles. The number of ether oxygens (including phenoxy) is 1. The predicted octanol–water partition coefficient (Wildman–Crippen LogP) is 2.02. The summed E-state index contributed by atoms with van der Waals surface area (Å²) in [7, 11) is 0. The van der Waals surface area contributed by atoms with Gasteiger partial charge in [0, 0.05) is 32.6 Å². The van der Waals surface area contributed by atoms with E-state index in [0.717, 1.165) is 43.8 Å². The summed E-state index contributed by atoms with van der Waals surface area (Å²) in [6.07, 6.45) is 2.04. The third-order valence-corrected chi connectivity index (χ3v) is 5.41. The maximum Gasteiger partial charge on any atom is 0.219 e. The number of fused-ring (bicyclic) bond motifs is 3. The van der Waals surface area contributed by atoms with E-state index in [1.54, 1.807) is 6.92 Å². The minimum Gasteiger partial charge on any atom is -0.371 e. The standard InChI is InChI=1S/C19H26N4O2/c1-13-3-4-18-17(9-13)21-19-12-25-11-16(23(18)19)10-20-15-5-7-22(8-6-15)14(2)24/h3-4,9,15-16,20H,5-8,10-12H2,1-2H3/t16-/m0/s1. The van der Waals surface area contributed by atoms with Crippen LogP contribution in [0.4, 0.5) is 0 Å². The zero-order valence-corrected chi connectivity index (χ0v) is 15.0. The van der Waals surface area contributed by atoms with Crippen LogP contribution in [0.15, 0.2) is 18.2 Å². The summed E-state index contributed by atoms with van der Waals surface area (Å²) >= 11 is 0. The Morgan fingerprint density at radius 3 is 2.92 bits per heavy atom. The van der Waals surface area contributed by atoms with Crippen molar-refractivity contribution < 1.29 is 9.53 Å². The Morgan fingerprint density at radius 2 is 2.16 bits per heavy atom. The van der Waals surface area contributed by atoms with Crippen molar-refractivity contribution in [2.45, 2.75) is 45.4 Å². The minimum atomic E-state index is 0.184. The summed E-state index contributed by atoms with van der Waals surface area (Å²) in [5.41, 5.74) is 3.48. The van der Waals surface area contributed by atoms with Crippen LogP contribution in [0.5, 0.6) is 0 Å². The van der Waals surface area contributed by atoms with Crippen molar-refractivity contribution in [1.29, 1.82) is 0 Å². The third kappa shape index (κ3) is 3.28. The van der Waals surface area contributed by atoms with E-state index < -0.39 is 0 Å². The second-order valence-electron chi connectivity index (χ2n) is 7.25. The van der Waals surface area contributed by atoms with Gasteiger partial charge in [0.05, 0.1) is 23.7 Å². The first kappa shape index (κ1) is 16.5. The molecular formula is C19H26N4O2. The molecule has 1 aromatic carbocycles. The third-order valence-electron chi connectivity index (χ3n) is 5.41. The van der Waals surface area contributed by atoms with Crippen LogP contribution in [0.25, 0.3) is 11.0 Å². The van der Waals surface area contributed by atoms with Gasteiger partial charge >= 0.3 is 0 Å². The zero-order valence-electron chi connectivity index (χ0n) is 15.0. The van der Waals surface area contributed by atoms with Crippen LogP contribution in [0.2, 0.25) is 0 Å².